The van der Waals surface area contributed by atoms with E-state index in [4.69, 9.17) is 4.98 Å². The molecular formula is C16H27BrN4. The molecule has 2 atom stereocenters. The second-order valence-corrected chi connectivity index (χ2v) is 7.36. The molecule has 118 valence electrons. The predicted molar refractivity (Wildman–Crippen MR) is 92.8 cm³/mol. The van der Waals surface area contributed by atoms with Gasteiger partial charge >= 0.3 is 0 Å². The highest BCUT2D eigenvalue weighted by molar-refractivity contribution is 9.10. The molecular weight excluding hydrogens is 328 g/mol. The molecule has 1 fully saturated rings. The van der Waals surface area contributed by atoms with Crippen molar-refractivity contribution in [1.82, 2.24) is 15.2 Å². The lowest BCUT2D eigenvalue weighted by molar-refractivity contribution is 0.169. The van der Waals surface area contributed by atoms with Crippen molar-refractivity contribution in [3.8, 4) is 0 Å². The van der Waals surface area contributed by atoms with Crippen molar-refractivity contribution in [2.24, 2.45) is 0 Å². The number of halogens is 1. The van der Waals surface area contributed by atoms with Crippen LogP contribution >= 0.6 is 15.9 Å². The molecule has 0 bridgehead atoms. The van der Waals surface area contributed by atoms with Crippen LogP contribution in [-0.2, 0) is 6.54 Å². The van der Waals surface area contributed by atoms with E-state index in [-0.39, 0.29) is 0 Å². The van der Waals surface area contributed by atoms with Gasteiger partial charge in [0, 0.05) is 54.0 Å². The lowest BCUT2D eigenvalue weighted by Crippen LogP contribution is -2.55. The second-order valence-electron chi connectivity index (χ2n) is 6.44. The van der Waals surface area contributed by atoms with E-state index >= 15 is 0 Å². The van der Waals surface area contributed by atoms with Crippen molar-refractivity contribution in [3.63, 3.8) is 0 Å². The normalized spacial score (nSPS) is 23.9. The van der Waals surface area contributed by atoms with E-state index in [0.29, 0.717) is 18.1 Å². The lowest BCUT2D eigenvalue weighted by Gasteiger charge is -2.43. The number of piperazine rings is 1. The number of anilines is 1. The Morgan fingerprint density at radius 2 is 1.95 bits per heavy atom. The third-order valence-electron chi connectivity index (χ3n) is 4.27. The quantitative estimate of drug-likeness (QED) is 0.900. The Bertz CT molecular complexity index is 465. The maximum Gasteiger partial charge on any atom is 0.133 e. The summed E-state index contributed by atoms with van der Waals surface area (Å²) in [7, 11) is 2.21. The van der Waals surface area contributed by atoms with E-state index in [0.717, 1.165) is 29.9 Å². The Hall–Kier alpha value is -0.650. The van der Waals surface area contributed by atoms with Gasteiger partial charge in [0.05, 0.1) is 0 Å². The van der Waals surface area contributed by atoms with Crippen LogP contribution in [-0.4, -0.2) is 48.1 Å². The Morgan fingerprint density at radius 3 is 2.52 bits per heavy atom. The zero-order chi connectivity index (χ0) is 15.6. The first-order valence-electron chi connectivity index (χ1n) is 7.73. The average molecular weight is 355 g/mol. The van der Waals surface area contributed by atoms with Gasteiger partial charge in [-0.3, -0.25) is 4.90 Å². The van der Waals surface area contributed by atoms with Crippen LogP contribution in [0.3, 0.4) is 0 Å². The summed E-state index contributed by atoms with van der Waals surface area (Å²) in [6.45, 7) is 11.8. The summed E-state index contributed by atoms with van der Waals surface area (Å²) in [6, 6.07) is 3.75. The summed E-state index contributed by atoms with van der Waals surface area (Å²) in [5.41, 5.74) is 1.27. The van der Waals surface area contributed by atoms with Gasteiger partial charge in [-0.25, -0.2) is 4.98 Å². The summed E-state index contributed by atoms with van der Waals surface area (Å²) >= 11 is 3.54. The predicted octanol–water partition coefficient (Wildman–Crippen LogP) is 2.87. The van der Waals surface area contributed by atoms with Gasteiger partial charge in [-0.1, -0.05) is 13.8 Å². The van der Waals surface area contributed by atoms with Gasteiger partial charge in [0.2, 0.25) is 0 Å². The Morgan fingerprint density at radius 1 is 1.33 bits per heavy atom. The minimum Gasteiger partial charge on any atom is -0.353 e. The van der Waals surface area contributed by atoms with Crippen LogP contribution in [0.25, 0.3) is 0 Å². The molecule has 0 amide bonds. The second kappa shape index (κ2) is 7.07. The van der Waals surface area contributed by atoms with Crippen molar-refractivity contribution in [2.45, 2.75) is 52.4 Å². The van der Waals surface area contributed by atoms with E-state index in [2.05, 4.69) is 71.9 Å². The number of nitrogens with zero attached hydrogens (tertiary/aromatic N) is 3. The number of nitrogens with one attached hydrogen (secondary N) is 1. The monoisotopic (exact) mass is 354 g/mol. The number of hydrogen-bond acceptors (Lipinski definition) is 4. The number of hydrogen-bond donors (Lipinski definition) is 1. The van der Waals surface area contributed by atoms with Crippen LogP contribution in [0.2, 0.25) is 0 Å². The first kappa shape index (κ1) is 16.7. The van der Waals surface area contributed by atoms with E-state index in [9.17, 15) is 0 Å². The first-order valence-corrected chi connectivity index (χ1v) is 8.52. The van der Waals surface area contributed by atoms with Gasteiger partial charge in [0.1, 0.15) is 5.82 Å². The zero-order valence-corrected chi connectivity index (χ0v) is 15.3. The minimum absolute atomic E-state index is 0.474. The SMILES string of the molecule is CC(C)NCc1cc(Br)cnc1N1CC(C)N(C)C(C)C1. The Kier molecular flexibility index (Phi) is 5.63. The Labute approximate surface area is 137 Å². The molecule has 2 heterocycles. The molecule has 1 aliphatic rings. The van der Waals surface area contributed by atoms with Crippen molar-refractivity contribution in [1.29, 1.82) is 0 Å². The smallest absolute Gasteiger partial charge is 0.133 e. The molecule has 0 saturated carbocycles. The van der Waals surface area contributed by atoms with Gasteiger partial charge in [-0.15, -0.1) is 0 Å². The molecule has 1 N–H and O–H groups in total. The first-order chi connectivity index (χ1) is 9.88. The number of likely N-dealkylation sites (N-methyl/N-ethyl adjacent to an activating group) is 1. The van der Waals surface area contributed by atoms with Gasteiger partial charge in [-0.2, -0.15) is 0 Å². The van der Waals surface area contributed by atoms with E-state index in [1.54, 1.807) is 0 Å². The van der Waals surface area contributed by atoms with Crippen molar-refractivity contribution in [2.75, 3.05) is 25.0 Å². The van der Waals surface area contributed by atoms with Gasteiger partial charge in [-0.05, 0) is 42.9 Å². The molecule has 4 nitrogen and oxygen atoms in total. The lowest BCUT2D eigenvalue weighted by atomic mass is 10.1. The molecule has 2 unspecified atom stereocenters. The van der Waals surface area contributed by atoms with Gasteiger partial charge < -0.3 is 10.2 Å². The average Bonchev–Trinajstić information content (AvgIpc) is 2.42. The molecule has 0 aromatic carbocycles. The topological polar surface area (TPSA) is 31.4 Å². The van der Waals surface area contributed by atoms with Crippen LogP contribution in [0.15, 0.2) is 16.7 Å². The van der Waals surface area contributed by atoms with Gasteiger partial charge in [0.15, 0.2) is 0 Å². The van der Waals surface area contributed by atoms with Gasteiger partial charge in [0.25, 0.3) is 0 Å². The highest BCUT2D eigenvalue weighted by Crippen LogP contribution is 2.25. The fourth-order valence-electron chi connectivity index (χ4n) is 2.78. The molecule has 0 aliphatic carbocycles. The molecule has 1 saturated heterocycles. The fraction of sp³-hybridized carbons (Fsp3) is 0.688. The molecule has 0 spiro atoms. The molecule has 5 heteroatoms. The molecule has 1 aromatic rings. The summed E-state index contributed by atoms with van der Waals surface area (Å²) in [4.78, 5) is 9.57. The largest absolute Gasteiger partial charge is 0.353 e. The third kappa shape index (κ3) is 4.18. The summed E-state index contributed by atoms with van der Waals surface area (Å²) < 4.78 is 1.04. The summed E-state index contributed by atoms with van der Waals surface area (Å²) in [5.74, 6) is 1.12. The number of aromatic nitrogens is 1. The molecule has 2 rings (SSSR count). The van der Waals surface area contributed by atoms with E-state index in [1.165, 1.54) is 5.56 Å². The molecule has 1 aromatic heterocycles. The highest BCUT2D eigenvalue weighted by Gasteiger charge is 2.28. The minimum atomic E-state index is 0.474. The zero-order valence-electron chi connectivity index (χ0n) is 13.7. The molecule has 21 heavy (non-hydrogen) atoms. The van der Waals surface area contributed by atoms with Crippen molar-refractivity contribution >= 4 is 21.7 Å². The maximum atomic E-state index is 4.69. The standard InChI is InChI=1S/C16H27BrN4/c1-11(2)18-7-14-6-15(17)8-19-16(14)21-9-12(3)20(5)13(4)10-21/h6,8,11-13,18H,7,9-10H2,1-5H3. The van der Waals surface area contributed by atoms with Crippen LogP contribution in [0.4, 0.5) is 5.82 Å². The molecule has 0 radical (unpaired) electrons. The summed E-state index contributed by atoms with van der Waals surface area (Å²) in [6.07, 6.45) is 1.90. The number of rotatable bonds is 4. The third-order valence-corrected chi connectivity index (χ3v) is 4.70. The van der Waals surface area contributed by atoms with Crippen LogP contribution < -0.4 is 10.2 Å². The molecule has 1 aliphatic heterocycles. The number of pyridine rings is 1. The van der Waals surface area contributed by atoms with Crippen LogP contribution in [0.1, 0.15) is 33.3 Å². The van der Waals surface area contributed by atoms with Crippen LogP contribution in [0, 0.1) is 0 Å². The fourth-order valence-corrected chi connectivity index (χ4v) is 3.16. The maximum absolute atomic E-state index is 4.69. The van der Waals surface area contributed by atoms with E-state index in [1.807, 2.05) is 6.20 Å². The van der Waals surface area contributed by atoms with E-state index < -0.39 is 0 Å². The summed E-state index contributed by atoms with van der Waals surface area (Å²) in [5, 5.41) is 3.50. The van der Waals surface area contributed by atoms with Crippen molar-refractivity contribution in [3.05, 3.63) is 22.3 Å². The van der Waals surface area contributed by atoms with Crippen LogP contribution in [0.5, 0.6) is 0 Å². The van der Waals surface area contributed by atoms with Crippen molar-refractivity contribution < 1.29 is 0 Å². The Balaban J connectivity index is 2.22. The highest BCUT2D eigenvalue weighted by atomic mass is 79.9.